The first kappa shape index (κ1) is 15.5. The van der Waals surface area contributed by atoms with Crippen LogP contribution in [0.1, 0.15) is 31.7 Å². The molecule has 0 aromatic heterocycles. The molecule has 3 N–H and O–H groups in total. The van der Waals surface area contributed by atoms with Crippen molar-refractivity contribution in [3.8, 4) is 0 Å². The Morgan fingerprint density at radius 1 is 1.45 bits per heavy atom. The minimum atomic E-state index is 0.0153. The van der Waals surface area contributed by atoms with Crippen LogP contribution in [0.5, 0.6) is 0 Å². The highest BCUT2D eigenvalue weighted by molar-refractivity contribution is 9.10. The van der Waals surface area contributed by atoms with Crippen LogP contribution in [-0.2, 0) is 11.2 Å². The molecule has 0 aliphatic heterocycles. The molecule has 1 aromatic rings. The van der Waals surface area contributed by atoms with Crippen molar-refractivity contribution in [1.29, 1.82) is 0 Å². The van der Waals surface area contributed by atoms with E-state index in [2.05, 4.69) is 34.2 Å². The lowest BCUT2D eigenvalue weighted by molar-refractivity contribution is -0.125. The molecule has 1 fully saturated rings. The summed E-state index contributed by atoms with van der Waals surface area (Å²) in [6, 6.07) is 8.26. The lowest BCUT2D eigenvalue weighted by Gasteiger charge is -2.21. The summed E-state index contributed by atoms with van der Waals surface area (Å²) >= 11 is 3.55. The fraction of sp³-hybridized carbons (Fsp3) is 0.562. The zero-order valence-corrected chi connectivity index (χ0v) is 13.5. The minimum Gasteiger partial charge on any atom is -0.352 e. The molecule has 3 nitrogen and oxygen atoms in total. The van der Waals surface area contributed by atoms with Gasteiger partial charge in [-0.15, -0.1) is 0 Å². The second-order valence-electron chi connectivity index (χ2n) is 5.59. The van der Waals surface area contributed by atoms with Crippen molar-refractivity contribution in [2.45, 2.75) is 38.6 Å². The summed E-state index contributed by atoms with van der Waals surface area (Å²) in [6.07, 6.45) is 4.01. The first-order valence-corrected chi connectivity index (χ1v) is 8.18. The van der Waals surface area contributed by atoms with Crippen molar-refractivity contribution in [1.82, 2.24) is 5.32 Å². The average Bonchev–Trinajstić information content (AvgIpc) is 3.28. The largest absolute Gasteiger partial charge is 0.352 e. The summed E-state index contributed by atoms with van der Waals surface area (Å²) in [5, 5.41) is 3.14. The Bertz CT molecular complexity index is 460. The normalized spacial score (nSPS) is 17.6. The Balaban J connectivity index is 1.96. The molecule has 2 rings (SSSR count). The number of halogens is 1. The topological polar surface area (TPSA) is 55.1 Å². The molecule has 20 heavy (non-hydrogen) atoms. The highest BCUT2D eigenvalue weighted by Crippen LogP contribution is 2.32. The number of benzene rings is 1. The van der Waals surface area contributed by atoms with Gasteiger partial charge in [0.1, 0.15) is 0 Å². The van der Waals surface area contributed by atoms with Gasteiger partial charge in [-0.05, 0) is 43.2 Å². The van der Waals surface area contributed by atoms with E-state index >= 15 is 0 Å². The number of nitrogens with two attached hydrogens (primary N) is 1. The first-order chi connectivity index (χ1) is 9.65. The lowest BCUT2D eigenvalue weighted by atomic mass is 9.95. The minimum absolute atomic E-state index is 0.0153. The molecule has 0 saturated heterocycles. The third kappa shape index (κ3) is 4.06. The van der Waals surface area contributed by atoms with E-state index in [1.54, 1.807) is 0 Å². The predicted molar refractivity (Wildman–Crippen MR) is 85.3 cm³/mol. The van der Waals surface area contributed by atoms with Crippen LogP contribution < -0.4 is 11.1 Å². The van der Waals surface area contributed by atoms with Crippen molar-refractivity contribution in [2.75, 3.05) is 6.54 Å². The maximum atomic E-state index is 12.4. The van der Waals surface area contributed by atoms with E-state index in [9.17, 15) is 4.79 Å². The summed E-state index contributed by atoms with van der Waals surface area (Å²) in [7, 11) is 0. The molecule has 0 bridgehead atoms. The highest BCUT2D eigenvalue weighted by Gasteiger charge is 2.32. The Morgan fingerprint density at radius 2 is 2.15 bits per heavy atom. The van der Waals surface area contributed by atoms with Gasteiger partial charge in [0, 0.05) is 23.0 Å². The summed E-state index contributed by atoms with van der Waals surface area (Å²) in [5.41, 5.74) is 6.94. The number of amides is 1. The zero-order chi connectivity index (χ0) is 14.5. The van der Waals surface area contributed by atoms with E-state index in [1.165, 1.54) is 18.4 Å². The van der Waals surface area contributed by atoms with Gasteiger partial charge < -0.3 is 11.1 Å². The quantitative estimate of drug-likeness (QED) is 0.803. The SMILES string of the molecule is CCC(Cc1ccccc1Br)C(=O)NC(CN)C1CC1. The van der Waals surface area contributed by atoms with Crippen LogP contribution in [0, 0.1) is 11.8 Å². The van der Waals surface area contributed by atoms with Gasteiger partial charge in [-0.1, -0.05) is 41.1 Å². The van der Waals surface area contributed by atoms with Gasteiger partial charge in [-0.25, -0.2) is 0 Å². The van der Waals surface area contributed by atoms with Crippen LogP contribution in [0.2, 0.25) is 0 Å². The van der Waals surface area contributed by atoms with E-state index < -0.39 is 0 Å². The van der Waals surface area contributed by atoms with Crippen LogP contribution in [0.15, 0.2) is 28.7 Å². The highest BCUT2D eigenvalue weighted by atomic mass is 79.9. The van der Waals surface area contributed by atoms with Crippen LogP contribution in [0.25, 0.3) is 0 Å². The van der Waals surface area contributed by atoms with Gasteiger partial charge >= 0.3 is 0 Å². The number of rotatable bonds is 7. The van der Waals surface area contributed by atoms with Gasteiger partial charge in [0.25, 0.3) is 0 Å². The maximum Gasteiger partial charge on any atom is 0.223 e. The van der Waals surface area contributed by atoms with E-state index in [1.807, 2.05) is 18.2 Å². The van der Waals surface area contributed by atoms with Crippen LogP contribution >= 0.6 is 15.9 Å². The van der Waals surface area contributed by atoms with Crippen molar-refractivity contribution in [2.24, 2.45) is 17.6 Å². The fourth-order valence-corrected chi connectivity index (χ4v) is 2.97. The van der Waals surface area contributed by atoms with Gasteiger partial charge in [0.2, 0.25) is 5.91 Å². The van der Waals surface area contributed by atoms with E-state index in [0.717, 1.165) is 17.3 Å². The second kappa shape index (κ2) is 7.23. The molecule has 110 valence electrons. The molecule has 0 radical (unpaired) electrons. The Kier molecular flexibility index (Phi) is 5.61. The Morgan fingerprint density at radius 3 is 2.70 bits per heavy atom. The molecule has 1 aliphatic carbocycles. The zero-order valence-electron chi connectivity index (χ0n) is 11.9. The molecule has 1 saturated carbocycles. The monoisotopic (exact) mass is 338 g/mol. The van der Waals surface area contributed by atoms with E-state index in [0.29, 0.717) is 12.5 Å². The van der Waals surface area contributed by atoms with Crippen molar-refractivity contribution in [3.05, 3.63) is 34.3 Å². The molecule has 0 spiro atoms. The van der Waals surface area contributed by atoms with Crippen LogP contribution in [0.4, 0.5) is 0 Å². The lowest BCUT2D eigenvalue weighted by Crippen LogP contribution is -2.44. The summed E-state index contributed by atoms with van der Waals surface area (Å²) in [5.74, 6) is 0.761. The molecule has 0 heterocycles. The van der Waals surface area contributed by atoms with Gasteiger partial charge in [-0.3, -0.25) is 4.79 Å². The summed E-state index contributed by atoms with van der Waals surface area (Å²) in [6.45, 7) is 2.61. The third-order valence-electron chi connectivity index (χ3n) is 4.06. The fourth-order valence-electron chi connectivity index (χ4n) is 2.52. The average molecular weight is 339 g/mol. The predicted octanol–water partition coefficient (Wildman–Crippen LogP) is 2.87. The van der Waals surface area contributed by atoms with E-state index in [-0.39, 0.29) is 17.9 Å². The Labute approximate surface area is 129 Å². The number of carbonyl (C=O) groups excluding carboxylic acids is 1. The Hall–Kier alpha value is -0.870. The van der Waals surface area contributed by atoms with Crippen molar-refractivity contribution >= 4 is 21.8 Å². The van der Waals surface area contributed by atoms with Gasteiger partial charge in [0.05, 0.1) is 0 Å². The van der Waals surface area contributed by atoms with Crippen molar-refractivity contribution < 1.29 is 4.79 Å². The molecule has 1 aliphatic rings. The molecule has 4 heteroatoms. The summed E-state index contributed by atoms with van der Waals surface area (Å²) < 4.78 is 1.07. The van der Waals surface area contributed by atoms with Gasteiger partial charge in [0.15, 0.2) is 0 Å². The number of hydrogen-bond donors (Lipinski definition) is 2. The second-order valence-corrected chi connectivity index (χ2v) is 6.44. The molecule has 2 unspecified atom stereocenters. The smallest absolute Gasteiger partial charge is 0.223 e. The molecular formula is C16H23BrN2O. The standard InChI is InChI=1S/C16H23BrN2O/c1-2-11(9-13-5-3-4-6-14(13)17)16(20)19-15(10-18)12-7-8-12/h3-6,11-12,15H,2,7-10,18H2,1H3,(H,19,20). The molecule has 1 amide bonds. The maximum absolute atomic E-state index is 12.4. The first-order valence-electron chi connectivity index (χ1n) is 7.39. The van der Waals surface area contributed by atoms with E-state index in [4.69, 9.17) is 5.73 Å². The van der Waals surface area contributed by atoms with Crippen molar-refractivity contribution in [3.63, 3.8) is 0 Å². The molecule has 1 aromatic carbocycles. The third-order valence-corrected chi connectivity index (χ3v) is 4.83. The number of carbonyl (C=O) groups is 1. The molecular weight excluding hydrogens is 316 g/mol. The van der Waals surface area contributed by atoms with Crippen LogP contribution in [-0.4, -0.2) is 18.5 Å². The van der Waals surface area contributed by atoms with Gasteiger partial charge in [-0.2, -0.15) is 0 Å². The van der Waals surface area contributed by atoms with Crippen LogP contribution in [0.3, 0.4) is 0 Å². The number of hydrogen-bond acceptors (Lipinski definition) is 2. The molecule has 2 atom stereocenters. The summed E-state index contributed by atoms with van der Waals surface area (Å²) in [4.78, 5) is 12.4. The number of nitrogens with one attached hydrogen (secondary N) is 1.